The number of likely N-dealkylation sites (N-methyl/N-ethyl adjacent to an activating group) is 1. The number of fused-ring (bicyclic) bond motifs is 1. The van der Waals surface area contributed by atoms with Crippen molar-refractivity contribution in [2.75, 3.05) is 33.2 Å². The van der Waals surface area contributed by atoms with Gasteiger partial charge in [-0.25, -0.2) is 9.97 Å². The summed E-state index contributed by atoms with van der Waals surface area (Å²) in [5, 5.41) is 0. The minimum absolute atomic E-state index is 0.643. The van der Waals surface area contributed by atoms with Gasteiger partial charge in [-0.15, -0.1) is 0 Å². The van der Waals surface area contributed by atoms with Gasteiger partial charge in [-0.2, -0.15) is 0 Å². The molecule has 0 radical (unpaired) electrons. The Morgan fingerprint density at radius 3 is 2.67 bits per heavy atom. The van der Waals surface area contributed by atoms with Crippen LogP contribution in [0.25, 0.3) is 11.2 Å². The molecular weight excluding hydrogens is 302 g/mol. The van der Waals surface area contributed by atoms with Crippen molar-refractivity contribution in [3.63, 3.8) is 0 Å². The van der Waals surface area contributed by atoms with Crippen molar-refractivity contribution in [2.24, 2.45) is 0 Å². The zero-order valence-electron chi connectivity index (χ0n) is 13.8. The van der Waals surface area contributed by atoms with Crippen LogP contribution in [0, 0.1) is 0 Å². The molecule has 0 N–H and O–H groups in total. The van der Waals surface area contributed by atoms with Gasteiger partial charge in [-0.05, 0) is 19.2 Å². The van der Waals surface area contributed by atoms with Crippen molar-refractivity contribution >= 4 is 11.2 Å². The van der Waals surface area contributed by atoms with Gasteiger partial charge in [0.25, 0.3) is 0 Å². The number of hydrogen-bond donors (Lipinski definition) is 0. The summed E-state index contributed by atoms with van der Waals surface area (Å²) >= 11 is 0. The average molecular weight is 323 g/mol. The fourth-order valence-corrected chi connectivity index (χ4v) is 3.07. The van der Waals surface area contributed by atoms with Crippen LogP contribution < -0.4 is 0 Å². The first-order valence-electron chi connectivity index (χ1n) is 8.25. The molecule has 124 valence electrons. The normalized spacial score (nSPS) is 16.7. The van der Waals surface area contributed by atoms with Gasteiger partial charge in [0, 0.05) is 44.8 Å². The third-order valence-corrected chi connectivity index (χ3v) is 4.48. The van der Waals surface area contributed by atoms with E-state index >= 15 is 0 Å². The fourth-order valence-electron chi connectivity index (χ4n) is 3.07. The van der Waals surface area contributed by atoms with Gasteiger partial charge in [0.05, 0.1) is 25.0 Å². The van der Waals surface area contributed by atoms with Crippen LogP contribution in [0.15, 0.2) is 36.9 Å². The summed E-state index contributed by atoms with van der Waals surface area (Å²) in [6.45, 7) is 5.82. The Labute approximate surface area is 141 Å². The van der Waals surface area contributed by atoms with Crippen LogP contribution in [0.4, 0.5) is 0 Å². The first-order chi connectivity index (χ1) is 11.8. The van der Waals surface area contributed by atoms with Crippen LogP contribution >= 0.6 is 0 Å². The molecule has 0 saturated carbocycles. The number of nitrogens with zero attached hydrogens (tertiary/aromatic N) is 7. The maximum atomic E-state index is 4.82. The number of rotatable bonds is 4. The highest BCUT2D eigenvalue weighted by atomic mass is 15.3. The van der Waals surface area contributed by atoms with Crippen LogP contribution in [0.5, 0.6) is 0 Å². The van der Waals surface area contributed by atoms with Gasteiger partial charge in [-0.3, -0.25) is 14.9 Å². The molecule has 0 unspecified atom stereocenters. The summed E-state index contributed by atoms with van der Waals surface area (Å²) in [5.41, 5.74) is 2.76. The van der Waals surface area contributed by atoms with Gasteiger partial charge < -0.3 is 9.47 Å². The van der Waals surface area contributed by atoms with Crippen molar-refractivity contribution in [1.82, 2.24) is 34.3 Å². The lowest BCUT2D eigenvalue weighted by Gasteiger charge is -2.32. The van der Waals surface area contributed by atoms with Crippen molar-refractivity contribution in [3.05, 3.63) is 48.4 Å². The Morgan fingerprint density at radius 1 is 1.00 bits per heavy atom. The van der Waals surface area contributed by atoms with Crippen molar-refractivity contribution in [2.45, 2.75) is 13.1 Å². The Balaban J connectivity index is 1.65. The number of imidazole rings is 1. The molecule has 0 bridgehead atoms. The highest BCUT2D eigenvalue weighted by molar-refractivity contribution is 5.71. The number of piperazine rings is 1. The van der Waals surface area contributed by atoms with Crippen LogP contribution in [0.1, 0.15) is 11.5 Å². The lowest BCUT2D eigenvalue weighted by atomic mass is 10.3. The van der Waals surface area contributed by atoms with E-state index in [1.165, 1.54) is 0 Å². The van der Waals surface area contributed by atoms with Gasteiger partial charge in [0.2, 0.25) is 0 Å². The van der Waals surface area contributed by atoms with Gasteiger partial charge in [0.15, 0.2) is 5.65 Å². The van der Waals surface area contributed by atoms with Crippen LogP contribution in [0.2, 0.25) is 0 Å². The average Bonchev–Trinajstić information content (AvgIpc) is 2.95. The lowest BCUT2D eigenvalue weighted by Crippen LogP contribution is -2.44. The first kappa shape index (κ1) is 15.2. The van der Waals surface area contributed by atoms with Gasteiger partial charge in [0.1, 0.15) is 11.3 Å². The van der Waals surface area contributed by atoms with E-state index in [1.807, 2.05) is 18.3 Å². The van der Waals surface area contributed by atoms with E-state index < -0.39 is 0 Å². The predicted molar refractivity (Wildman–Crippen MR) is 91.4 cm³/mol. The third kappa shape index (κ3) is 3.13. The second kappa shape index (κ2) is 6.62. The van der Waals surface area contributed by atoms with Crippen LogP contribution in [-0.2, 0) is 13.1 Å². The fraction of sp³-hybridized carbons (Fsp3) is 0.412. The summed E-state index contributed by atoms with van der Waals surface area (Å²) in [5.74, 6) is 1.04. The molecule has 3 aromatic heterocycles. The highest BCUT2D eigenvalue weighted by Gasteiger charge is 2.19. The molecule has 0 aromatic carbocycles. The molecule has 1 aliphatic rings. The van der Waals surface area contributed by atoms with Gasteiger partial charge in [-0.1, -0.05) is 0 Å². The monoisotopic (exact) mass is 323 g/mol. The van der Waals surface area contributed by atoms with Crippen molar-refractivity contribution in [3.8, 4) is 0 Å². The quantitative estimate of drug-likeness (QED) is 0.714. The van der Waals surface area contributed by atoms with E-state index in [1.54, 1.807) is 18.6 Å². The van der Waals surface area contributed by atoms with E-state index in [4.69, 9.17) is 4.98 Å². The number of pyridine rings is 1. The SMILES string of the molecule is CN1CCN(Cc2nc3cccnc3n2Cc2cnccn2)CC1. The molecule has 0 spiro atoms. The molecule has 0 amide bonds. The Hall–Kier alpha value is -2.38. The molecule has 7 nitrogen and oxygen atoms in total. The molecular formula is C17H21N7. The molecule has 24 heavy (non-hydrogen) atoms. The molecule has 0 atom stereocenters. The number of hydrogen-bond acceptors (Lipinski definition) is 6. The summed E-state index contributed by atoms with van der Waals surface area (Å²) in [4.78, 5) is 22.7. The zero-order chi connectivity index (χ0) is 16.4. The van der Waals surface area contributed by atoms with Crippen LogP contribution in [0.3, 0.4) is 0 Å². The number of aromatic nitrogens is 5. The third-order valence-electron chi connectivity index (χ3n) is 4.48. The zero-order valence-corrected chi connectivity index (χ0v) is 13.8. The Morgan fingerprint density at radius 2 is 1.88 bits per heavy atom. The van der Waals surface area contributed by atoms with Crippen molar-refractivity contribution < 1.29 is 0 Å². The molecule has 1 saturated heterocycles. The van der Waals surface area contributed by atoms with E-state index in [-0.39, 0.29) is 0 Å². The minimum Gasteiger partial charge on any atom is -0.305 e. The highest BCUT2D eigenvalue weighted by Crippen LogP contribution is 2.17. The predicted octanol–water partition coefficient (Wildman–Crippen LogP) is 1.02. The second-order valence-corrected chi connectivity index (χ2v) is 6.24. The lowest BCUT2D eigenvalue weighted by molar-refractivity contribution is 0.144. The molecule has 1 aliphatic heterocycles. The summed E-state index contributed by atoms with van der Waals surface area (Å²) in [6, 6.07) is 3.95. The summed E-state index contributed by atoms with van der Waals surface area (Å²) in [6.07, 6.45) is 7.03. The van der Waals surface area contributed by atoms with Crippen LogP contribution in [-0.4, -0.2) is 67.5 Å². The van der Waals surface area contributed by atoms with E-state index in [0.717, 1.165) is 55.4 Å². The summed E-state index contributed by atoms with van der Waals surface area (Å²) < 4.78 is 2.16. The second-order valence-electron chi connectivity index (χ2n) is 6.24. The molecule has 3 aromatic rings. The minimum atomic E-state index is 0.643. The molecule has 7 heteroatoms. The first-order valence-corrected chi connectivity index (χ1v) is 8.25. The van der Waals surface area contributed by atoms with E-state index in [2.05, 4.69) is 36.4 Å². The maximum absolute atomic E-state index is 4.82. The summed E-state index contributed by atoms with van der Waals surface area (Å²) in [7, 11) is 2.17. The van der Waals surface area contributed by atoms with E-state index in [0.29, 0.717) is 6.54 Å². The molecule has 0 aliphatic carbocycles. The smallest absolute Gasteiger partial charge is 0.160 e. The van der Waals surface area contributed by atoms with Crippen molar-refractivity contribution in [1.29, 1.82) is 0 Å². The Kier molecular flexibility index (Phi) is 4.18. The molecule has 1 fully saturated rings. The maximum Gasteiger partial charge on any atom is 0.160 e. The molecule has 4 heterocycles. The topological polar surface area (TPSA) is 63.0 Å². The van der Waals surface area contributed by atoms with Gasteiger partial charge >= 0.3 is 0 Å². The molecule has 4 rings (SSSR count). The van der Waals surface area contributed by atoms with E-state index in [9.17, 15) is 0 Å². The largest absolute Gasteiger partial charge is 0.305 e. The standard InChI is InChI=1S/C17H21N7/c1-22-7-9-23(10-8-22)13-16-21-15-3-2-4-20-17(15)24(16)12-14-11-18-5-6-19-14/h2-6,11H,7-10,12-13H2,1H3. The Bertz CT molecular complexity index is 806.